The van der Waals surface area contributed by atoms with E-state index in [-0.39, 0.29) is 11.5 Å². The number of carbonyl (C=O) groups excluding carboxylic acids is 3. The maximum Gasteiger partial charge on any atom is 0.272 e. The molecule has 0 bridgehead atoms. The van der Waals surface area contributed by atoms with Gasteiger partial charge in [-0.05, 0) is 83.9 Å². The van der Waals surface area contributed by atoms with Crippen molar-refractivity contribution >= 4 is 58.6 Å². The standard InChI is InChI=1S/C33H26Cl2N2O5/c1-41-30-17-9-21(18-31(30)42-2)8-16-29(38)22-11-14-26(15-12-22)36-33(40)28(19-24-10-13-25(34)20-27(24)35)37-32(39)23-6-4-3-5-7-23/h3-20H,1-2H3,(H,36,40)(H,37,39)/b16-8+,28-19-. The van der Waals surface area contributed by atoms with Gasteiger partial charge in [0, 0.05) is 26.9 Å². The molecule has 4 aromatic rings. The molecule has 0 aromatic heterocycles. The van der Waals surface area contributed by atoms with Crippen LogP contribution in [0.4, 0.5) is 5.69 Å². The fourth-order valence-electron chi connectivity index (χ4n) is 3.86. The van der Waals surface area contributed by atoms with E-state index < -0.39 is 11.8 Å². The highest BCUT2D eigenvalue weighted by Gasteiger charge is 2.16. The number of ketones is 1. The number of methoxy groups -OCH3 is 2. The normalized spacial score (nSPS) is 11.2. The van der Waals surface area contributed by atoms with Gasteiger partial charge in [0.2, 0.25) is 0 Å². The van der Waals surface area contributed by atoms with Gasteiger partial charge in [-0.3, -0.25) is 14.4 Å². The molecule has 0 fully saturated rings. The number of rotatable bonds is 10. The number of ether oxygens (including phenoxy) is 2. The fraction of sp³-hybridized carbons (Fsp3) is 0.0606. The van der Waals surface area contributed by atoms with E-state index in [1.165, 1.54) is 12.2 Å². The molecule has 0 aliphatic rings. The van der Waals surface area contributed by atoms with E-state index in [4.69, 9.17) is 32.7 Å². The quantitative estimate of drug-likeness (QED) is 0.147. The van der Waals surface area contributed by atoms with Gasteiger partial charge < -0.3 is 20.1 Å². The summed E-state index contributed by atoms with van der Waals surface area (Å²) >= 11 is 12.3. The SMILES string of the molecule is COc1ccc(/C=C/C(=O)c2ccc(NC(=O)/C(=C/c3ccc(Cl)cc3Cl)NC(=O)c3ccccc3)cc2)cc1OC. The van der Waals surface area contributed by atoms with E-state index >= 15 is 0 Å². The Morgan fingerprint density at radius 1 is 0.762 bits per heavy atom. The second kappa shape index (κ2) is 14.2. The summed E-state index contributed by atoms with van der Waals surface area (Å²) in [7, 11) is 3.09. The van der Waals surface area contributed by atoms with Crippen LogP contribution in [0.15, 0.2) is 103 Å². The number of nitrogens with one attached hydrogen (secondary N) is 2. The summed E-state index contributed by atoms with van der Waals surface area (Å²) in [5.74, 6) is -0.135. The lowest BCUT2D eigenvalue weighted by Gasteiger charge is -2.12. The average molecular weight is 601 g/mol. The van der Waals surface area contributed by atoms with Crippen molar-refractivity contribution < 1.29 is 23.9 Å². The predicted octanol–water partition coefficient (Wildman–Crippen LogP) is 7.32. The largest absolute Gasteiger partial charge is 0.493 e. The molecule has 0 aliphatic carbocycles. The topological polar surface area (TPSA) is 93.7 Å². The van der Waals surface area contributed by atoms with Crippen molar-refractivity contribution in [2.24, 2.45) is 0 Å². The van der Waals surface area contributed by atoms with Gasteiger partial charge in [-0.2, -0.15) is 0 Å². The molecule has 0 saturated heterocycles. The van der Waals surface area contributed by atoms with Gasteiger partial charge in [0.05, 0.1) is 14.2 Å². The smallest absolute Gasteiger partial charge is 0.272 e. The highest BCUT2D eigenvalue weighted by molar-refractivity contribution is 6.35. The minimum absolute atomic E-state index is 0.0360. The molecule has 0 unspecified atom stereocenters. The number of benzene rings is 4. The minimum atomic E-state index is -0.585. The van der Waals surface area contributed by atoms with Crippen LogP contribution in [0, 0.1) is 0 Å². The Hall–Kier alpha value is -4.85. The molecule has 7 nitrogen and oxygen atoms in total. The molecule has 0 heterocycles. The van der Waals surface area contributed by atoms with Crippen LogP contribution in [0.2, 0.25) is 10.0 Å². The lowest BCUT2D eigenvalue weighted by molar-refractivity contribution is -0.113. The molecule has 0 spiro atoms. The number of hydrogen-bond acceptors (Lipinski definition) is 5. The van der Waals surface area contributed by atoms with E-state index in [0.29, 0.717) is 43.9 Å². The van der Waals surface area contributed by atoms with Crippen LogP contribution in [0.5, 0.6) is 11.5 Å². The van der Waals surface area contributed by atoms with Crippen LogP contribution in [-0.4, -0.2) is 31.8 Å². The van der Waals surface area contributed by atoms with Gasteiger partial charge in [-0.25, -0.2) is 0 Å². The Morgan fingerprint density at radius 3 is 2.14 bits per heavy atom. The molecule has 4 aromatic carbocycles. The van der Waals surface area contributed by atoms with E-state index in [2.05, 4.69) is 10.6 Å². The second-order valence-corrected chi connectivity index (χ2v) is 9.73. The average Bonchev–Trinajstić information content (AvgIpc) is 3.01. The summed E-state index contributed by atoms with van der Waals surface area (Å²) < 4.78 is 10.5. The molecule has 0 atom stereocenters. The Morgan fingerprint density at radius 2 is 1.48 bits per heavy atom. The van der Waals surface area contributed by atoms with Crippen LogP contribution in [0.25, 0.3) is 12.2 Å². The highest BCUT2D eigenvalue weighted by atomic mass is 35.5. The number of halogens is 2. The van der Waals surface area contributed by atoms with Crippen molar-refractivity contribution in [1.82, 2.24) is 5.32 Å². The zero-order valence-electron chi connectivity index (χ0n) is 22.7. The Bertz CT molecular complexity index is 1670. The Balaban J connectivity index is 1.50. The van der Waals surface area contributed by atoms with Gasteiger partial charge in [-0.15, -0.1) is 0 Å². The third kappa shape index (κ3) is 7.87. The Labute approximate surface area is 253 Å². The first-order valence-corrected chi connectivity index (χ1v) is 13.4. The third-order valence-electron chi connectivity index (χ3n) is 6.05. The summed E-state index contributed by atoms with van der Waals surface area (Å²) in [5, 5.41) is 6.16. The number of anilines is 1. The minimum Gasteiger partial charge on any atom is -0.493 e. The van der Waals surface area contributed by atoms with Crippen LogP contribution in [-0.2, 0) is 4.79 Å². The van der Waals surface area contributed by atoms with Crippen molar-refractivity contribution in [3.63, 3.8) is 0 Å². The molecule has 0 radical (unpaired) electrons. The van der Waals surface area contributed by atoms with Crippen molar-refractivity contribution in [2.45, 2.75) is 0 Å². The molecule has 9 heteroatoms. The van der Waals surface area contributed by atoms with Crippen molar-refractivity contribution in [1.29, 1.82) is 0 Å². The molecular formula is C33H26Cl2N2O5. The summed E-state index contributed by atoms with van der Waals surface area (Å²) in [6, 6.07) is 25.0. The molecule has 0 saturated carbocycles. The zero-order valence-corrected chi connectivity index (χ0v) is 24.2. The molecule has 0 aliphatic heterocycles. The summed E-state index contributed by atoms with van der Waals surface area (Å²) in [4.78, 5) is 38.9. The zero-order chi connectivity index (χ0) is 30.1. The van der Waals surface area contributed by atoms with Crippen LogP contribution in [0.1, 0.15) is 31.8 Å². The number of allylic oxidation sites excluding steroid dienone is 1. The lowest BCUT2D eigenvalue weighted by Crippen LogP contribution is -2.30. The summed E-state index contributed by atoms with van der Waals surface area (Å²) in [5.41, 5.74) is 2.44. The third-order valence-corrected chi connectivity index (χ3v) is 6.62. The van der Waals surface area contributed by atoms with Crippen LogP contribution in [0.3, 0.4) is 0 Å². The second-order valence-electron chi connectivity index (χ2n) is 8.89. The Kier molecular flexibility index (Phi) is 10.2. The monoisotopic (exact) mass is 600 g/mol. The van der Waals surface area contributed by atoms with Gasteiger partial charge in [0.1, 0.15) is 5.70 Å². The molecule has 4 rings (SSSR count). The van der Waals surface area contributed by atoms with E-state index in [9.17, 15) is 14.4 Å². The first kappa shape index (κ1) is 30.1. The molecule has 212 valence electrons. The first-order valence-electron chi connectivity index (χ1n) is 12.7. The number of carbonyl (C=O) groups is 3. The summed E-state index contributed by atoms with van der Waals surface area (Å²) in [6.07, 6.45) is 4.59. The predicted molar refractivity (Wildman–Crippen MR) is 166 cm³/mol. The molecule has 2 amide bonds. The molecule has 2 N–H and O–H groups in total. The number of amides is 2. The van der Waals surface area contributed by atoms with Crippen molar-refractivity contribution in [3.05, 3.63) is 135 Å². The maximum atomic E-state index is 13.3. The molecular weight excluding hydrogens is 575 g/mol. The van der Waals surface area contributed by atoms with Gasteiger partial charge in [0.25, 0.3) is 11.8 Å². The van der Waals surface area contributed by atoms with Crippen molar-refractivity contribution in [3.8, 4) is 11.5 Å². The highest BCUT2D eigenvalue weighted by Crippen LogP contribution is 2.28. The molecule has 42 heavy (non-hydrogen) atoms. The fourth-order valence-corrected chi connectivity index (χ4v) is 4.32. The summed E-state index contributed by atoms with van der Waals surface area (Å²) in [6.45, 7) is 0. The first-order chi connectivity index (χ1) is 20.3. The van der Waals surface area contributed by atoms with E-state index in [1.807, 2.05) is 6.07 Å². The lowest BCUT2D eigenvalue weighted by atomic mass is 10.1. The van der Waals surface area contributed by atoms with Gasteiger partial charge in [0.15, 0.2) is 17.3 Å². The number of hydrogen-bond donors (Lipinski definition) is 2. The van der Waals surface area contributed by atoms with Crippen LogP contribution >= 0.6 is 23.2 Å². The van der Waals surface area contributed by atoms with Crippen molar-refractivity contribution in [2.75, 3.05) is 19.5 Å². The van der Waals surface area contributed by atoms with E-state index in [0.717, 1.165) is 5.56 Å². The maximum absolute atomic E-state index is 13.3. The van der Waals surface area contributed by atoms with Gasteiger partial charge >= 0.3 is 0 Å². The van der Waals surface area contributed by atoms with Crippen LogP contribution < -0.4 is 20.1 Å². The van der Waals surface area contributed by atoms with Gasteiger partial charge in [-0.1, -0.05) is 59.6 Å². The van der Waals surface area contributed by atoms with E-state index in [1.54, 1.807) is 105 Å².